The van der Waals surface area contributed by atoms with Crippen molar-refractivity contribution in [1.29, 1.82) is 0 Å². The van der Waals surface area contributed by atoms with E-state index in [-0.39, 0.29) is 91.3 Å². The minimum Gasteiger partial charge on any atom is -0.462 e. The number of carbonyl (C=O) groups excluding carboxylic acids is 2. The monoisotopic (exact) mass is 1930 g/mol. The van der Waals surface area contributed by atoms with E-state index in [1.54, 1.807) is 87.5 Å². The molecule has 15 aliphatic rings. The summed E-state index contributed by atoms with van der Waals surface area (Å²) in [6.45, 7) is 34.2. The van der Waals surface area contributed by atoms with Crippen LogP contribution in [0.25, 0.3) is 0 Å². The Hall–Kier alpha value is -5.99. The molecule has 8 N–H and O–H groups in total. The number of nitrogens with one attached hydrogen (secondary N) is 2. The van der Waals surface area contributed by atoms with Crippen molar-refractivity contribution >= 4 is 17.9 Å². The van der Waals surface area contributed by atoms with Crippen molar-refractivity contribution in [3.63, 3.8) is 0 Å². The van der Waals surface area contributed by atoms with Crippen molar-refractivity contribution in [3.05, 3.63) is 129 Å². The van der Waals surface area contributed by atoms with Crippen LogP contribution in [-0.4, -0.2) is 316 Å². The van der Waals surface area contributed by atoms with Crippen LogP contribution < -0.4 is 10.6 Å². The third-order valence-corrected chi connectivity index (χ3v) is 30.5. The number of hydrogen-bond acceptors (Lipinski definition) is 31. The first-order valence-electron chi connectivity index (χ1n) is 49.6. The third kappa shape index (κ3) is 25.0. The van der Waals surface area contributed by atoms with E-state index in [4.69, 9.17) is 99.5 Å². The Morgan fingerprint density at radius 1 is 0.547 bits per heavy atom. The van der Waals surface area contributed by atoms with Crippen LogP contribution in [-0.2, 0) is 109 Å². The Kier molecular flexibility index (Phi) is 37.3. The molecule has 4 bridgehead atoms. The van der Waals surface area contributed by atoms with Crippen LogP contribution in [0, 0.1) is 63.4 Å². The summed E-state index contributed by atoms with van der Waals surface area (Å²) in [5.74, 6) is -4.58. The van der Waals surface area contributed by atoms with Gasteiger partial charge in [-0.05, 0) is 132 Å². The average molecular weight is 1930 g/mol. The number of aliphatic hydroxyl groups excluding tert-OH is 4. The van der Waals surface area contributed by atoms with Gasteiger partial charge in [0.2, 0.25) is 0 Å². The highest BCUT2D eigenvalue weighted by Gasteiger charge is 2.63. The van der Waals surface area contributed by atoms with Crippen LogP contribution in [0.1, 0.15) is 188 Å². The van der Waals surface area contributed by atoms with Crippen LogP contribution in [0.3, 0.4) is 0 Å². The van der Waals surface area contributed by atoms with Gasteiger partial charge in [-0.3, -0.25) is 9.59 Å². The summed E-state index contributed by atoms with van der Waals surface area (Å²) < 4.78 is 132. The van der Waals surface area contributed by atoms with Crippen molar-refractivity contribution in [2.24, 2.45) is 58.4 Å². The summed E-state index contributed by atoms with van der Waals surface area (Å²) in [4.78, 5) is 38.7. The number of fused-ring (bicyclic) bond motifs is 4. The van der Waals surface area contributed by atoms with Crippen LogP contribution >= 0.6 is 0 Å². The van der Waals surface area contributed by atoms with Crippen LogP contribution in [0.2, 0.25) is 0 Å². The predicted molar refractivity (Wildman–Crippen MR) is 500 cm³/mol. The topological polar surface area (TPSA) is 429 Å². The number of nitrogens with zero attached hydrogens (tertiary/aromatic N) is 2. The quantitative estimate of drug-likeness (QED) is 0.0158. The molecule has 40 atom stereocenters. The number of hydrogen-bond donors (Lipinski definition) is 8. The molecule has 0 saturated carbocycles. The molecular weight excluding hydrogens is 1780 g/mol. The fraction of sp³-hybridized carbons (Fsp3) is 0.775. The van der Waals surface area contributed by atoms with Crippen molar-refractivity contribution in [1.82, 2.24) is 10.6 Å². The van der Waals surface area contributed by atoms with E-state index >= 15 is 0 Å². The SMILES string of the molecule is CC[C@H](C)[C@H]1O[C@]2(C=C[C@@H]1C)C[C@@H]1C[C@@H](C/C=C(\C)[C@@H](O[C@H]3C[C@H](OC)[C@@H](O[C@H]4C[C@H](OC)[C@@H](O)[C@H](C)O4)[C@H](C)O3)[C@@H](C)/C=C/C=C3\CO[C@@H]4[C@H](O)C(C)=C[C@@H](C(=O)O1)[C@]34O)O2.CN/C(=N/[N+](=O)[O-])NCC1CCOC1.CO[C@H]1C[C@H](O[C@H]2[C@H](C)O[C@@H](O[C@@H]3/C(C)=C/C[C@@H]4C[C@@H](C[C@]5(C=C[C@H](C)[C@@H](C(C)C)O5)O4)OC(=O)[C@@H]4C=C(C)[C@@H](O)[C@H]5OC/C(=C\C=C\[C@@H]3C)[C@]54O)C[C@@H]2OC)O[C@@H](C)[C@@H]1O. The third-order valence-electron chi connectivity index (χ3n) is 30.5. The second-order valence-corrected chi connectivity index (χ2v) is 40.8. The van der Waals surface area contributed by atoms with Gasteiger partial charge in [-0.2, -0.15) is 0 Å². The molecule has 13 aliphatic heterocycles. The Morgan fingerprint density at radius 2 is 0.964 bits per heavy atom. The Labute approximate surface area is 807 Å². The first-order valence-corrected chi connectivity index (χ1v) is 49.6. The van der Waals surface area contributed by atoms with Crippen LogP contribution in [0.5, 0.6) is 0 Å². The lowest BCUT2D eigenvalue weighted by Crippen LogP contribution is -2.58. The zero-order valence-electron chi connectivity index (χ0n) is 83.7. The van der Waals surface area contributed by atoms with Crippen LogP contribution in [0.15, 0.2) is 124 Å². The van der Waals surface area contributed by atoms with Gasteiger partial charge in [0.25, 0.3) is 5.96 Å². The molecule has 770 valence electrons. The number of hydrazone groups is 1. The molecule has 1 unspecified atom stereocenters. The Bertz CT molecular complexity index is 4390. The summed E-state index contributed by atoms with van der Waals surface area (Å²) in [6, 6.07) is 0. The number of esters is 2. The molecule has 2 aliphatic carbocycles. The Morgan fingerprint density at radius 3 is 1.36 bits per heavy atom. The molecule has 0 amide bonds. The molecule has 0 aromatic rings. The van der Waals surface area contributed by atoms with E-state index in [1.165, 1.54) is 0 Å². The van der Waals surface area contributed by atoms with Crippen molar-refractivity contribution in [2.75, 3.05) is 68.5 Å². The van der Waals surface area contributed by atoms with Crippen molar-refractivity contribution in [2.45, 2.75) is 382 Å². The van der Waals surface area contributed by atoms with Gasteiger partial charge in [0.05, 0.1) is 105 Å². The summed E-state index contributed by atoms with van der Waals surface area (Å²) in [6.07, 6.45) is 17.1. The first kappa shape index (κ1) is 108. The first-order chi connectivity index (χ1) is 65.2. The van der Waals surface area contributed by atoms with E-state index in [0.717, 1.165) is 30.6 Å². The second-order valence-electron chi connectivity index (χ2n) is 40.8. The highest BCUT2D eigenvalue weighted by atomic mass is 16.8. The lowest BCUT2D eigenvalue weighted by molar-refractivity contribution is -0.485. The lowest BCUT2D eigenvalue weighted by atomic mass is 9.71. The lowest BCUT2D eigenvalue weighted by Gasteiger charge is -2.48. The molecule has 13 heterocycles. The molecule has 35 nitrogen and oxygen atoms in total. The van der Waals surface area contributed by atoms with Gasteiger partial charge >= 0.3 is 11.9 Å². The standard InChI is InChI=1S/C48H72O14.C47H70O14.C7H14N4O3/c1-11-25(2)43-28(5)17-18-47(62-43)23-34-20-33(61-47)16-15-27(4)42(26(3)13-12-14-32-24-55-45-40(49)29(6)19-35(46(51)58-34)48(32,45)52)59-39-22-37(54-10)44(31(8)57-39)60-38-21-36(53-9)41(50)30(7)56-38;1-24(2)41-27(5)16-17-46(61-41)22-33-19-32(60-46)15-14-26(4)42(25(3)12-11-13-31-23-54-44-39(48)28(6)18-34(45(50)57-33)47(31,44)51)58-38-21-36(53-10)43(30(8)56-38)59-37-20-35(52-9)40(49)29(7)55-37;1-8-7(10-11(12)13)9-4-6-2-3-14-5-6/h12-15,17-19,25-26,28,30-31,33-45,49-50,52H,11,16,20-24H2,1-10H3;11-14,16-18,24-25,27,29-30,32-44,48-49,51H,15,19-23H2,1-10H3;6H,2-5H2,1H3,(H2,8,9,10)/b13-12+,27-15+,32-14+;12-11+,26-14+,31-13+;/t25-,26-,28-,30-,31-,33+,34-,35-,36-,37-,38-,39-,40+,41-,42-,43+,44-,45+,47+,48+;25-,27-,29-,30-,32+,33-,34-,35-,36-,37-,38-,39+,40-,41+,42-,43-,44+,46+,47+;/m00./s1. The number of allylic oxidation sites excluding steroid dienone is 4. The Balaban J connectivity index is 0.000000202. The number of aliphatic hydroxyl groups is 6. The zero-order valence-corrected chi connectivity index (χ0v) is 83.7. The molecule has 9 saturated heterocycles. The average Bonchev–Trinajstić information content (AvgIpc) is 1.60. The fourth-order valence-corrected chi connectivity index (χ4v) is 22.2. The van der Waals surface area contributed by atoms with Gasteiger partial charge in [0.1, 0.15) is 89.2 Å². The summed E-state index contributed by atoms with van der Waals surface area (Å²) >= 11 is 0. The summed E-state index contributed by atoms with van der Waals surface area (Å²) in [7, 11) is 8.02. The number of nitro groups is 1. The molecule has 0 aromatic carbocycles. The molecule has 15 rings (SSSR count). The minimum absolute atomic E-state index is 0.0313. The highest BCUT2D eigenvalue weighted by molar-refractivity contribution is 5.80. The summed E-state index contributed by atoms with van der Waals surface area (Å²) in [5, 5.41) is 86.4. The minimum atomic E-state index is -1.84. The molecule has 9 fully saturated rings. The second kappa shape index (κ2) is 47.2. The number of carbonyl (C=O) groups is 2. The largest absolute Gasteiger partial charge is 0.462 e. The summed E-state index contributed by atoms with van der Waals surface area (Å²) in [5.41, 5.74) is 0.263. The number of guanidine groups is 1. The van der Waals surface area contributed by atoms with E-state index in [9.17, 15) is 50.3 Å². The van der Waals surface area contributed by atoms with Gasteiger partial charge < -0.3 is 141 Å². The zero-order chi connectivity index (χ0) is 99.0. The molecule has 137 heavy (non-hydrogen) atoms. The number of methoxy groups -OCH3 is 4. The smallest absolute Gasteiger partial charge is 0.316 e. The highest BCUT2D eigenvalue weighted by Crippen LogP contribution is 2.51. The van der Waals surface area contributed by atoms with E-state index in [2.05, 4.69) is 95.4 Å². The van der Waals surface area contributed by atoms with Gasteiger partial charge in [0, 0.05) is 130 Å². The van der Waals surface area contributed by atoms with Crippen molar-refractivity contribution in [3.8, 4) is 0 Å². The fourth-order valence-electron chi connectivity index (χ4n) is 22.2. The van der Waals surface area contributed by atoms with E-state index in [0.29, 0.717) is 106 Å². The maximum absolute atomic E-state index is 14.3. The van der Waals surface area contributed by atoms with Crippen molar-refractivity contribution < 1.29 is 145 Å². The molecule has 0 aromatic heterocycles. The molecule has 2 spiro atoms. The molecular formula is C102H156N4O31. The number of rotatable bonds is 18. The molecule has 35 heteroatoms. The van der Waals surface area contributed by atoms with Gasteiger partial charge in [-0.1, -0.05) is 135 Å². The number of ether oxygens (including phenoxy) is 21. The van der Waals surface area contributed by atoms with Gasteiger partial charge in [0.15, 0.2) is 41.8 Å². The van der Waals surface area contributed by atoms with Gasteiger partial charge in [-0.15, -0.1) is 0 Å². The maximum atomic E-state index is 14.3. The predicted octanol–water partition coefficient (Wildman–Crippen LogP) is 9.74. The van der Waals surface area contributed by atoms with Crippen LogP contribution in [0.4, 0.5) is 0 Å². The maximum Gasteiger partial charge on any atom is 0.316 e. The van der Waals surface area contributed by atoms with E-state index < -0.39 is 187 Å². The normalized spacial score (nSPS) is 46.5. The van der Waals surface area contributed by atoms with Gasteiger partial charge in [-0.25, -0.2) is 10.1 Å². The van der Waals surface area contributed by atoms with E-state index in [1.807, 2.05) is 64.2 Å². The molecule has 0 radical (unpaired) electrons.